The molecule has 1 amide bonds. The van der Waals surface area contributed by atoms with Crippen LogP contribution < -0.4 is 0 Å². The van der Waals surface area contributed by atoms with Crippen molar-refractivity contribution < 1.29 is 14.4 Å². The molecular formula is C17H20N2O3. The van der Waals surface area contributed by atoms with Crippen LogP contribution in [0.15, 0.2) is 34.9 Å². The monoisotopic (exact) mass is 300 g/mol. The van der Waals surface area contributed by atoms with Crippen molar-refractivity contribution in [3.05, 3.63) is 41.7 Å². The van der Waals surface area contributed by atoms with E-state index < -0.39 is 6.10 Å². The Morgan fingerprint density at radius 2 is 2.09 bits per heavy atom. The average Bonchev–Trinajstić information content (AvgIpc) is 2.92. The normalized spacial score (nSPS) is 21.9. The lowest BCUT2D eigenvalue weighted by molar-refractivity contribution is 0.0248. The number of benzene rings is 1. The van der Waals surface area contributed by atoms with Crippen molar-refractivity contribution in [3.63, 3.8) is 0 Å². The van der Waals surface area contributed by atoms with E-state index in [0.29, 0.717) is 30.1 Å². The highest BCUT2D eigenvalue weighted by Crippen LogP contribution is 2.28. The van der Waals surface area contributed by atoms with Crippen LogP contribution in [0.3, 0.4) is 0 Å². The molecule has 1 aliphatic heterocycles. The number of hydrogen-bond donors (Lipinski definition) is 1. The Morgan fingerprint density at radius 1 is 1.36 bits per heavy atom. The molecule has 0 aliphatic carbocycles. The number of carbonyl (C=O) groups is 1. The molecule has 2 unspecified atom stereocenters. The number of carbonyl (C=O) groups excluding carboxylic acids is 1. The fourth-order valence-electron chi connectivity index (χ4n) is 2.81. The minimum Gasteiger partial charge on any atom is -0.391 e. The number of amides is 1. The maximum Gasteiger partial charge on any atom is 0.259 e. The van der Waals surface area contributed by atoms with Gasteiger partial charge in [0.25, 0.3) is 5.91 Å². The molecule has 1 N–H and O–H groups in total. The van der Waals surface area contributed by atoms with E-state index in [-0.39, 0.29) is 11.8 Å². The third-order valence-corrected chi connectivity index (χ3v) is 4.33. The fraction of sp³-hybridized carbons (Fsp3) is 0.412. The highest BCUT2D eigenvalue weighted by molar-refractivity contribution is 6.00. The van der Waals surface area contributed by atoms with Crippen LogP contribution in [0.25, 0.3) is 11.3 Å². The standard InChI is InChI=1S/C17H20N2O3/c1-11-8-9-19(10-14(11)20)17(21)15-12(2)22-18-16(15)13-6-4-3-5-7-13/h3-7,11,14,20H,8-10H2,1-2H3. The predicted octanol–water partition coefficient (Wildman–Crippen LogP) is 2.49. The minimum atomic E-state index is -0.474. The molecule has 1 aromatic carbocycles. The number of nitrogens with zero attached hydrogens (tertiary/aromatic N) is 2. The molecule has 1 saturated heterocycles. The van der Waals surface area contributed by atoms with E-state index in [2.05, 4.69) is 5.16 Å². The molecule has 1 aliphatic rings. The molecule has 5 nitrogen and oxygen atoms in total. The van der Waals surface area contributed by atoms with Gasteiger partial charge in [-0.25, -0.2) is 0 Å². The van der Waals surface area contributed by atoms with Crippen LogP contribution in [0.5, 0.6) is 0 Å². The molecule has 1 fully saturated rings. The summed E-state index contributed by atoms with van der Waals surface area (Å²) in [5.41, 5.74) is 1.91. The van der Waals surface area contributed by atoms with E-state index in [1.54, 1.807) is 11.8 Å². The van der Waals surface area contributed by atoms with Crippen molar-refractivity contribution in [2.45, 2.75) is 26.4 Å². The quantitative estimate of drug-likeness (QED) is 0.925. The first-order chi connectivity index (χ1) is 10.6. The van der Waals surface area contributed by atoms with Gasteiger partial charge in [-0.05, 0) is 19.3 Å². The van der Waals surface area contributed by atoms with Crippen LogP contribution in [0, 0.1) is 12.8 Å². The first-order valence-electron chi connectivity index (χ1n) is 7.57. The summed E-state index contributed by atoms with van der Waals surface area (Å²) in [5.74, 6) is 0.613. The molecule has 2 aromatic rings. The van der Waals surface area contributed by atoms with Gasteiger partial charge in [0.1, 0.15) is 17.0 Å². The van der Waals surface area contributed by atoms with E-state index in [9.17, 15) is 9.90 Å². The summed E-state index contributed by atoms with van der Waals surface area (Å²) in [6.07, 6.45) is 0.329. The van der Waals surface area contributed by atoms with Crippen molar-refractivity contribution in [1.29, 1.82) is 0 Å². The van der Waals surface area contributed by atoms with Crippen LogP contribution in [-0.2, 0) is 0 Å². The summed E-state index contributed by atoms with van der Waals surface area (Å²) in [4.78, 5) is 14.5. The molecule has 5 heteroatoms. The van der Waals surface area contributed by atoms with Gasteiger partial charge < -0.3 is 14.5 Å². The van der Waals surface area contributed by atoms with Crippen molar-refractivity contribution in [3.8, 4) is 11.3 Å². The van der Waals surface area contributed by atoms with E-state index >= 15 is 0 Å². The Kier molecular flexibility index (Phi) is 3.98. The molecule has 116 valence electrons. The first-order valence-corrected chi connectivity index (χ1v) is 7.57. The molecule has 2 heterocycles. The molecular weight excluding hydrogens is 280 g/mol. The van der Waals surface area contributed by atoms with Gasteiger partial charge in [-0.2, -0.15) is 0 Å². The molecule has 0 spiro atoms. The second-order valence-corrected chi connectivity index (χ2v) is 5.91. The number of hydrogen-bond acceptors (Lipinski definition) is 4. The lowest BCUT2D eigenvalue weighted by Crippen LogP contribution is -2.46. The lowest BCUT2D eigenvalue weighted by Gasteiger charge is -2.34. The number of aryl methyl sites for hydroxylation is 1. The van der Waals surface area contributed by atoms with Crippen molar-refractivity contribution >= 4 is 5.91 Å². The number of aliphatic hydroxyl groups excluding tert-OH is 1. The van der Waals surface area contributed by atoms with Gasteiger partial charge in [0.05, 0.1) is 6.10 Å². The zero-order chi connectivity index (χ0) is 15.7. The van der Waals surface area contributed by atoms with Crippen LogP contribution >= 0.6 is 0 Å². The zero-order valence-corrected chi connectivity index (χ0v) is 12.8. The van der Waals surface area contributed by atoms with Gasteiger partial charge in [-0.15, -0.1) is 0 Å². The Bertz CT molecular complexity index is 666. The van der Waals surface area contributed by atoms with Crippen LogP contribution in [0.2, 0.25) is 0 Å². The number of rotatable bonds is 2. The Morgan fingerprint density at radius 3 is 2.77 bits per heavy atom. The zero-order valence-electron chi connectivity index (χ0n) is 12.8. The van der Waals surface area contributed by atoms with Crippen molar-refractivity contribution in [2.24, 2.45) is 5.92 Å². The average molecular weight is 300 g/mol. The molecule has 2 atom stereocenters. The minimum absolute atomic E-state index is 0.122. The maximum atomic E-state index is 12.8. The molecule has 1 aromatic heterocycles. The summed E-state index contributed by atoms with van der Waals surface area (Å²) >= 11 is 0. The third kappa shape index (κ3) is 2.64. The van der Waals surface area contributed by atoms with Crippen LogP contribution in [-0.4, -0.2) is 40.3 Å². The van der Waals surface area contributed by atoms with E-state index in [1.807, 2.05) is 37.3 Å². The molecule has 22 heavy (non-hydrogen) atoms. The first kappa shape index (κ1) is 14.8. The van der Waals surface area contributed by atoms with Gasteiger partial charge >= 0.3 is 0 Å². The molecule has 0 bridgehead atoms. The lowest BCUT2D eigenvalue weighted by atomic mass is 9.95. The summed E-state index contributed by atoms with van der Waals surface area (Å²) in [7, 11) is 0. The number of piperidine rings is 1. The fourth-order valence-corrected chi connectivity index (χ4v) is 2.81. The maximum absolute atomic E-state index is 12.8. The molecule has 0 saturated carbocycles. The summed E-state index contributed by atoms with van der Waals surface area (Å²) in [6.45, 7) is 4.76. The topological polar surface area (TPSA) is 66.6 Å². The summed E-state index contributed by atoms with van der Waals surface area (Å²) < 4.78 is 5.25. The number of β-amino-alcohol motifs (C(OH)–C–C–N with tert-alkyl or cyclic N) is 1. The van der Waals surface area contributed by atoms with Gasteiger partial charge in [0, 0.05) is 18.7 Å². The number of aliphatic hydroxyl groups is 1. The largest absolute Gasteiger partial charge is 0.391 e. The van der Waals surface area contributed by atoms with Crippen molar-refractivity contribution in [2.75, 3.05) is 13.1 Å². The Balaban J connectivity index is 1.92. The van der Waals surface area contributed by atoms with Gasteiger partial charge in [-0.3, -0.25) is 4.79 Å². The van der Waals surface area contributed by atoms with Gasteiger partial charge in [0.2, 0.25) is 0 Å². The predicted molar refractivity (Wildman–Crippen MR) is 82.4 cm³/mol. The smallest absolute Gasteiger partial charge is 0.259 e. The summed E-state index contributed by atoms with van der Waals surface area (Å²) in [5, 5.41) is 14.1. The second kappa shape index (κ2) is 5.93. The number of aromatic nitrogens is 1. The second-order valence-electron chi connectivity index (χ2n) is 5.91. The van der Waals surface area contributed by atoms with Crippen LogP contribution in [0.1, 0.15) is 29.5 Å². The number of likely N-dealkylation sites (tertiary alicyclic amines) is 1. The molecule has 3 rings (SSSR count). The summed E-state index contributed by atoms with van der Waals surface area (Å²) in [6, 6.07) is 9.53. The van der Waals surface area contributed by atoms with E-state index in [4.69, 9.17) is 4.52 Å². The van der Waals surface area contributed by atoms with Gasteiger partial charge in [0.15, 0.2) is 0 Å². The third-order valence-electron chi connectivity index (χ3n) is 4.33. The Hall–Kier alpha value is -2.14. The van der Waals surface area contributed by atoms with E-state index in [1.165, 1.54) is 0 Å². The van der Waals surface area contributed by atoms with Crippen LogP contribution in [0.4, 0.5) is 0 Å². The SMILES string of the molecule is Cc1onc(-c2ccccc2)c1C(=O)N1CCC(C)C(O)C1. The van der Waals surface area contributed by atoms with Crippen molar-refractivity contribution in [1.82, 2.24) is 10.1 Å². The van der Waals surface area contributed by atoms with E-state index in [0.717, 1.165) is 12.0 Å². The highest BCUT2D eigenvalue weighted by atomic mass is 16.5. The Labute approximate surface area is 129 Å². The molecule has 0 radical (unpaired) electrons. The van der Waals surface area contributed by atoms with Gasteiger partial charge in [-0.1, -0.05) is 42.4 Å². The highest BCUT2D eigenvalue weighted by Gasteiger charge is 2.31.